The van der Waals surface area contributed by atoms with Crippen LogP contribution in [0.15, 0.2) is 35.2 Å². The van der Waals surface area contributed by atoms with Gasteiger partial charge < -0.3 is 16.2 Å². The van der Waals surface area contributed by atoms with E-state index in [1.807, 2.05) is 30.3 Å². The molecule has 1 atom stereocenters. The second-order valence-electron chi connectivity index (χ2n) is 3.73. The van der Waals surface area contributed by atoms with Crippen molar-refractivity contribution in [1.82, 2.24) is 5.32 Å². The van der Waals surface area contributed by atoms with E-state index in [1.54, 1.807) is 0 Å². The van der Waals surface area contributed by atoms with Crippen molar-refractivity contribution in [3.63, 3.8) is 0 Å². The summed E-state index contributed by atoms with van der Waals surface area (Å²) < 4.78 is 0. The predicted octanol–water partition coefficient (Wildman–Crippen LogP) is 0.223. The van der Waals surface area contributed by atoms with E-state index >= 15 is 0 Å². The molecule has 19 heavy (non-hydrogen) atoms. The lowest BCUT2D eigenvalue weighted by Crippen LogP contribution is -2.44. The predicted molar refractivity (Wildman–Crippen MR) is 70.5 cm³/mol. The van der Waals surface area contributed by atoms with Gasteiger partial charge in [0.1, 0.15) is 6.04 Å². The third-order valence-electron chi connectivity index (χ3n) is 2.15. The number of nitrogens with two attached hydrogens (primary N) is 1. The van der Waals surface area contributed by atoms with Crippen molar-refractivity contribution in [3.8, 4) is 0 Å². The van der Waals surface area contributed by atoms with Crippen molar-refractivity contribution in [2.75, 3.05) is 5.75 Å². The number of nitrogens with one attached hydrogen (secondary N) is 1. The maximum atomic E-state index is 11.6. The minimum absolute atomic E-state index is 0.0759. The summed E-state index contributed by atoms with van der Waals surface area (Å²) in [7, 11) is 0. The number of amides is 2. The molecule has 0 saturated carbocycles. The van der Waals surface area contributed by atoms with E-state index in [1.165, 1.54) is 11.8 Å². The van der Waals surface area contributed by atoms with Crippen LogP contribution in [0, 0.1) is 0 Å². The fourth-order valence-corrected chi connectivity index (χ4v) is 2.03. The molecule has 0 fully saturated rings. The van der Waals surface area contributed by atoms with Gasteiger partial charge in [-0.1, -0.05) is 18.2 Å². The van der Waals surface area contributed by atoms with Gasteiger partial charge in [-0.3, -0.25) is 9.59 Å². The average molecular weight is 282 g/mol. The van der Waals surface area contributed by atoms with Gasteiger partial charge in [-0.05, 0) is 12.1 Å². The SMILES string of the molecule is NC(=O)CC(NC(=O)CSc1ccccc1)C(=O)O. The maximum absolute atomic E-state index is 11.6. The second-order valence-corrected chi connectivity index (χ2v) is 4.78. The summed E-state index contributed by atoms with van der Waals surface area (Å²) in [5, 5.41) is 11.1. The molecule has 2 amide bonds. The number of aliphatic carboxylic acids is 1. The van der Waals surface area contributed by atoms with E-state index in [0.717, 1.165) is 4.90 Å². The van der Waals surface area contributed by atoms with Gasteiger partial charge in [-0.15, -0.1) is 11.8 Å². The molecule has 0 saturated heterocycles. The molecular weight excluding hydrogens is 268 g/mol. The first-order valence-corrected chi connectivity index (χ1v) is 6.46. The van der Waals surface area contributed by atoms with Crippen LogP contribution in [-0.4, -0.2) is 34.7 Å². The summed E-state index contributed by atoms with van der Waals surface area (Å²) in [4.78, 5) is 34.0. The molecule has 0 aliphatic rings. The molecular formula is C12H14N2O4S. The lowest BCUT2D eigenvalue weighted by Gasteiger charge is -2.12. The monoisotopic (exact) mass is 282 g/mol. The second kappa shape index (κ2) is 7.42. The fraction of sp³-hybridized carbons (Fsp3) is 0.250. The molecule has 1 aromatic carbocycles. The molecule has 0 aliphatic heterocycles. The van der Waals surface area contributed by atoms with Gasteiger partial charge in [0.25, 0.3) is 0 Å². The molecule has 4 N–H and O–H groups in total. The minimum Gasteiger partial charge on any atom is -0.480 e. The summed E-state index contributed by atoms with van der Waals surface area (Å²) in [5.74, 6) is -2.44. The van der Waals surface area contributed by atoms with Gasteiger partial charge in [-0.2, -0.15) is 0 Å². The zero-order valence-electron chi connectivity index (χ0n) is 10.0. The summed E-state index contributed by atoms with van der Waals surface area (Å²) in [6, 6.07) is 7.95. The highest BCUT2D eigenvalue weighted by atomic mass is 32.2. The zero-order chi connectivity index (χ0) is 14.3. The van der Waals surface area contributed by atoms with Gasteiger partial charge in [0.15, 0.2) is 0 Å². The molecule has 1 rings (SSSR count). The molecule has 102 valence electrons. The van der Waals surface area contributed by atoms with Crippen LogP contribution in [0.2, 0.25) is 0 Å². The molecule has 1 unspecified atom stereocenters. The first-order chi connectivity index (χ1) is 8.99. The van der Waals surface area contributed by atoms with Crippen molar-refractivity contribution in [2.24, 2.45) is 5.73 Å². The number of thioether (sulfide) groups is 1. The van der Waals surface area contributed by atoms with Crippen LogP contribution in [0.5, 0.6) is 0 Å². The highest BCUT2D eigenvalue weighted by Crippen LogP contribution is 2.16. The van der Waals surface area contributed by atoms with Crippen molar-refractivity contribution in [2.45, 2.75) is 17.4 Å². The van der Waals surface area contributed by atoms with Gasteiger partial charge in [-0.25, -0.2) is 4.79 Å². The smallest absolute Gasteiger partial charge is 0.326 e. The third kappa shape index (κ3) is 5.91. The molecule has 0 bridgehead atoms. The fourth-order valence-electron chi connectivity index (χ4n) is 1.30. The lowest BCUT2D eigenvalue weighted by atomic mass is 10.2. The summed E-state index contributed by atoms with van der Waals surface area (Å²) in [5.41, 5.74) is 4.91. The number of carbonyl (C=O) groups excluding carboxylic acids is 2. The van der Waals surface area contributed by atoms with Crippen LogP contribution in [0.1, 0.15) is 6.42 Å². The highest BCUT2D eigenvalue weighted by molar-refractivity contribution is 8.00. The number of benzene rings is 1. The molecule has 0 aromatic heterocycles. The summed E-state index contributed by atoms with van der Waals surface area (Å²) in [6.45, 7) is 0. The van der Waals surface area contributed by atoms with Crippen molar-refractivity contribution >= 4 is 29.5 Å². The average Bonchev–Trinajstić information content (AvgIpc) is 2.36. The van der Waals surface area contributed by atoms with Crippen molar-refractivity contribution in [3.05, 3.63) is 30.3 Å². The quantitative estimate of drug-likeness (QED) is 0.620. The van der Waals surface area contributed by atoms with Gasteiger partial charge in [0.2, 0.25) is 11.8 Å². The molecule has 0 aliphatic carbocycles. The zero-order valence-corrected chi connectivity index (χ0v) is 10.9. The topological polar surface area (TPSA) is 109 Å². The maximum Gasteiger partial charge on any atom is 0.326 e. The van der Waals surface area contributed by atoms with Crippen LogP contribution in [0.4, 0.5) is 0 Å². The number of carboxylic acids is 1. The number of carbonyl (C=O) groups is 3. The molecule has 6 nitrogen and oxygen atoms in total. The van der Waals surface area contributed by atoms with E-state index in [-0.39, 0.29) is 5.75 Å². The summed E-state index contributed by atoms with van der Waals surface area (Å²) >= 11 is 1.28. The number of carboxylic acid groups (broad SMARTS) is 1. The Kier molecular flexibility index (Phi) is 5.87. The van der Waals surface area contributed by atoms with Crippen LogP contribution >= 0.6 is 11.8 Å². The molecule has 0 radical (unpaired) electrons. The van der Waals surface area contributed by atoms with Crippen LogP contribution in [-0.2, 0) is 14.4 Å². The Morgan fingerprint density at radius 2 is 1.89 bits per heavy atom. The Morgan fingerprint density at radius 1 is 1.26 bits per heavy atom. The standard InChI is InChI=1S/C12H14N2O4S/c13-10(15)6-9(12(17)18)14-11(16)7-19-8-4-2-1-3-5-8/h1-5,9H,6-7H2,(H2,13,15)(H,14,16)(H,17,18). The van der Waals surface area contributed by atoms with Crippen LogP contribution in [0.3, 0.4) is 0 Å². The number of rotatable bonds is 7. The Balaban J connectivity index is 2.45. The lowest BCUT2D eigenvalue weighted by molar-refractivity contribution is -0.143. The Morgan fingerprint density at radius 3 is 2.42 bits per heavy atom. The van der Waals surface area contributed by atoms with E-state index in [0.29, 0.717) is 0 Å². The number of primary amides is 1. The van der Waals surface area contributed by atoms with Crippen molar-refractivity contribution in [1.29, 1.82) is 0 Å². The third-order valence-corrected chi connectivity index (χ3v) is 3.16. The minimum atomic E-state index is -1.28. The van der Waals surface area contributed by atoms with Gasteiger partial charge >= 0.3 is 5.97 Å². The van der Waals surface area contributed by atoms with E-state index in [4.69, 9.17) is 10.8 Å². The molecule has 1 aromatic rings. The Bertz CT molecular complexity index is 464. The Hall–Kier alpha value is -2.02. The van der Waals surface area contributed by atoms with Crippen LogP contribution < -0.4 is 11.1 Å². The van der Waals surface area contributed by atoms with Crippen LogP contribution in [0.25, 0.3) is 0 Å². The normalized spacial score (nSPS) is 11.6. The first kappa shape index (κ1) is 15.0. The van der Waals surface area contributed by atoms with Gasteiger partial charge in [0.05, 0.1) is 12.2 Å². The van der Waals surface area contributed by atoms with E-state index in [9.17, 15) is 14.4 Å². The van der Waals surface area contributed by atoms with E-state index in [2.05, 4.69) is 5.32 Å². The molecule has 0 heterocycles. The summed E-state index contributed by atoms with van der Waals surface area (Å²) in [6.07, 6.45) is -0.420. The first-order valence-electron chi connectivity index (χ1n) is 5.47. The highest BCUT2D eigenvalue weighted by Gasteiger charge is 2.21. The van der Waals surface area contributed by atoms with E-state index < -0.39 is 30.2 Å². The number of hydrogen-bond acceptors (Lipinski definition) is 4. The number of hydrogen-bond donors (Lipinski definition) is 3. The van der Waals surface area contributed by atoms with Crippen molar-refractivity contribution < 1.29 is 19.5 Å². The molecule has 0 spiro atoms. The molecule has 7 heteroatoms. The largest absolute Gasteiger partial charge is 0.480 e. The van der Waals surface area contributed by atoms with Gasteiger partial charge in [0, 0.05) is 4.90 Å². The Labute approximate surface area is 114 Å².